The van der Waals surface area contributed by atoms with Gasteiger partial charge in [0.15, 0.2) is 0 Å². The Labute approximate surface area is 132 Å². The van der Waals surface area contributed by atoms with Crippen molar-refractivity contribution in [2.45, 2.75) is 46.6 Å². The standard InChI is InChI=1S/C17H26N2O3/c1-5-6-11-18-17(21)12-19(14(4)20)15-9-7-8-10-16(15)22-13(2)3/h7-10,13H,5-6,11-12H2,1-4H3,(H,18,21). The summed E-state index contributed by atoms with van der Waals surface area (Å²) >= 11 is 0. The fraction of sp³-hybridized carbons (Fsp3) is 0.529. The smallest absolute Gasteiger partial charge is 0.240 e. The number of anilines is 1. The van der Waals surface area contributed by atoms with Crippen molar-refractivity contribution in [2.75, 3.05) is 18.0 Å². The molecule has 0 fully saturated rings. The number of rotatable bonds is 8. The molecule has 5 heteroatoms. The zero-order chi connectivity index (χ0) is 16.5. The number of hydrogen-bond acceptors (Lipinski definition) is 3. The minimum Gasteiger partial charge on any atom is -0.489 e. The third-order valence-corrected chi connectivity index (χ3v) is 3.05. The summed E-state index contributed by atoms with van der Waals surface area (Å²) in [5.41, 5.74) is 0.620. The molecule has 2 amide bonds. The zero-order valence-electron chi connectivity index (χ0n) is 13.9. The average Bonchev–Trinajstić information content (AvgIpc) is 2.45. The van der Waals surface area contributed by atoms with Crippen LogP contribution in [0.2, 0.25) is 0 Å². The minimum atomic E-state index is -0.189. The molecule has 122 valence electrons. The van der Waals surface area contributed by atoms with E-state index in [-0.39, 0.29) is 24.5 Å². The van der Waals surface area contributed by atoms with Crippen molar-refractivity contribution in [3.8, 4) is 5.75 Å². The summed E-state index contributed by atoms with van der Waals surface area (Å²) < 4.78 is 5.73. The van der Waals surface area contributed by atoms with Gasteiger partial charge in [-0.25, -0.2) is 0 Å². The lowest BCUT2D eigenvalue weighted by Gasteiger charge is -2.24. The molecule has 0 aromatic heterocycles. The summed E-state index contributed by atoms with van der Waals surface area (Å²) in [6, 6.07) is 7.27. The van der Waals surface area contributed by atoms with Crippen LogP contribution in [0.25, 0.3) is 0 Å². The van der Waals surface area contributed by atoms with Crippen LogP contribution < -0.4 is 15.0 Å². The highest BCUT2D eigenvalue weighted by Gasteiger charge is 2.19. The van der Waals surface area contributed by atoms with Crippen LogP contribution in [0.3, 0.4) is 0 Å². The predicted molar refractivity (Wildman–Crippen MR) is 88.2 cm³/mol. The summed E-state index contributed by atoms with van der Waals surface area (Å²) in [7, 11) is 0. The highest BCUT2D eigenvalue weighted by molar-refractivity contribution is 5.98. The molecule has 0 heterocycles. The quantitative estimate of drug-likeness (QED) is 0.751. The molecule has 0 saturated carbocycles. The van der Waals surface area contributed by atoms with E-state index in [9.17, 15) is 9.59 Å². The van der Waals surface area contributed by atoms with Gasteiger partial charge in [0, 0.05) is 13.5 Å². The van der Waals surface area contributed by atoms with Gasteiger partial charge >= 0.3 is 0 Å². The topological polar surface area (TPSA) is 58.6 Å². The lowest BCUT2D eigenvalue weighted by molar-refractivity contribution is -0.123. The summed E-state index contributed by atoms with van der Waals surface area (Å²) in [6.07, 6.45) is 1.94. The lowest BCUT2D eigenvalue weighted by atomic mass is 10.2. The summed E-state index contributed by atoms with van der Waals surface area (Å²) in [4.78, 5) is 25.4. The number of carbonyl (C=O) groups is 2. The molecule has 0 aliphatic heterocycles. The van der Waals surface area contributed by atoms with Gasteiger partial charge in [-0.15, -0.1) is 0 Å². The molecule has 22 heavy (non-hydrogen) atoms. The van der Waals surface area contributed by atoms with E-state index in [1.165, 1.54) is 11.8 Å². The van der Waals surface area contributed by atoms with Crippen LogP contribution in [-0.4, -0.2) is 31.0 Å². The lowest BCUT2D eigenvalue weighted by Crippen LogP contribution is -2.40. The van der Waals surface area contributed by atoms with Crippen LogP contribution in [0.4, 0.5) is 5.69 Å². The van der Waals surface area contributed by atoms with Gasteiger partial charge in [0.1, 0.15) is 12.3 Å². The number of para-hydroxylation sites is 2. The molecule has 0 atom stereocenters. The summed E-state index contributed by atoms with van der Waals surface area (Å²) in [5, 5.41) is 2.83. The molecule has 5 nitrogen and oxygen atoms in total. The maximum Gasteiger partial charge on any atom is 0.240 e. The van der Waals surface area contributed by atoms with Crippen LogP contribution in [0.5, 0.6) is 5.75 Å². The third-order valence-electron chi connectivity index (χ3n) is 3.05. The highest BCUT2D eigenvalue weighted by atomic mass is 16.5. The first-order valence-corrected chi connectivity index (χ1v) is 7.76. The number of benzene rings is 1. The first-order chi connectivity index (χ1) is 10.5. The molecule has 1 rings (SSSR count). The molecule has 0 aliphatic carbocycles. The monoisotopic (exact) mass is 306 g/mol. The molecular formula is C17H26N2O3. The zero-order valence-corrected chi connectivity index (χ0v) is 13.9. The fourth-order valence-electron chi connectivity index (χ4n) is 2.00. The van der Waals surface area contributed by atoms with Gasteiger partial charge in [-0.1, -0.05) is 25.5 Å². The molecule has 0 saturated heterocycles. The van der Waals surface area contributed by atoms with E-state index in [2.05, 4.69) is 12.2 Å². The predicted octanol–water partition coefficient (Wildman–Crippen LogP) is 2.74. The maximum absolute atomic E-state index is 12.0. The van der Waals surface area contributed by atoms with Crippen molar-refractivity contribution in [2.24, 2.45) is 0 Å². The second kappa shape index (κ2) is 9.07. The molecule has 0 unspecified atom stereocenters. The van der Waals surface area contributed by atoms with Crippen molar-refractivity contribution in [1.82, 2.24) is 5.32 Å². The molecule has 0 aliphatic rings. The number of carbonyl (C=O) groups excluding carboxylic acids is 2. The Bertz CT molecular complexity index is 500. The first-order valence-electron chi connectivity index (χ1n) is 7.76. The van der Waals surface area contributed by atoms with Gasteiger partial charge in [0.2, 0.25) is 11.8 Å². The Hall–Kier alpha value is -2.04. The van der Waals surface area contributed by atoms with E-state index in [1.807, 2.05) is 26.0 Å². The van der Waals surface area contributed by atoms with Crippen LogP contribution in [0, 0.1) is 0 Å². The van der Waals surface area contributed by atoms with Crippen LogP contribution >= 0.6 is 0 Å². The van der Waals surface area contributed by atoms with Crippen LogP contribution in [-0.2, 0) is 9.59 Å². The molecular weight excluding hydrogens is 280 g/mol. The van der Waals surface area contributed by atoms with E-state index in [4.69, 9.17) is 4.74 Å². The average molecular weight is 306 g/mol. The normalized spacial score (nSPS) is 10.4. The van der Waals surface area contributed by atoms with E-state index in [0.717, 1.165) is 12.8 Å². The molecule has 0 bridgehead atoms. The number of nitrogens with zero attached hydrogens (tertiary/aromatic N) is 1. The van der Waals surface area contributed by atoms with Crippen molar-refractivity contribution in [3.63, 3.8) is 0 Å². The third kappa shape index (κ3) is 5.76. The van der Waals surface area contributed by atoms with Gasteiger partial charge in [-0.3, -0.25) is 14.5 Å². The van der Waals surface area contributed by atoms with Gasteiger partial charge in [-0.05, 0) is 32.4 Å². The molecule has 1 aromatic carbocycles. The highest BCUT2D eigenvalue weighted by Crippen LogP contribution is 2.28. The van der Waals surface area contributed by atoms with E-state index in [0.29, 0.717) is 18.0 Å². The van der Waals surface area contributed by atoms with Crippen molar-refractivity contribution in [3.05, 3.63) is 24.3 Å². The second-order valence-electron chi connectivity index (χ2n) is 5.44. The summed E-state index contributed by atoms with van der Waals surface area (Å²) in [5.74, 6) is 0.252. The van der Waals surface area contributed by atoms with E-state index < -0.39 is 0 Å². The molecule has 1 aromatic rings. The number of ether oxygens (including phenoxy) is 1. The fourth-order valence-corrected chi connectivity index (χ4v) is 2.00. The Balaban J connectivity index is 2.87. The maximum atomic E-state index is 12.0. The Morgan fingerprint density at radius 1 is 1.27 bits per heavy atom. The molecule has 1 N–H and O–H groups in total. The summed E-state index contributed by atoms with van der Waals surface area (Å²) in [6.45, 7) is 7.99. The van der Waals surface area contributed by atoms with Gasteiger partial charge < -0.3 is 10.1 Å². The number of unbranched alkanes of at least 4 members (excludes halogenated alkanes) is 1. The van der Waals surface area contributed by atoms with E-state index in [1.54, 1.807) is 12.1 Å². The molecule has 0 radical (unpaired) electrons. The number of amides is 2. The minimum absolute atomic E-state index is 0.00246. The first kappa shape index (κ1) is 18.0. The van der Waals surface area contributed by atoms with E-state index >= 15 is 0 Å². The van der Waals surface area contributed by atoms with Gasteiger partial charge in [0.05, 0.1) is 11.8 Å². The Kier molecular flexibility index (Phi) is 7.43. The van der Waals surface area contributed by atoms with Gasteiger partial charge in [-0.2, -0.15) is 0 Å². The SMILES string of the molecule is CCCCNC(=O)CN(C(C)=O)c1ccccc1OC(C)C. The van der Waals surface area contributed by atoms with Crippen molar-refractivity contribution in [1.29, 1.82) is 0 Å². The van der Waals surface area contributed by atoms with Crippen molar-refractivity contribution < 1.29 is 14.3 Å². The number of nitrogens with one attached hydrogen (secondary N) is 1. The van der Waals surface area contributed by atoms with Crippen molar-refractivity contribution >= 4 is 17.5 Å². The largest absolute Gasteiger partial charge is 0.489 e. The Morgan fingerprint density at radius 3 is 2.55 bits per heavy atom. The Morgan fingerprint density at radius 2 is 1.95 bits per heavy atom. The molecule has 0 spiro atoms. The number of hydrogen-bond donors (Lipinski definition) is 1. The van der Waals surface area contributed by atoms with Crippen LogP contribution in [0.1, 0.15) is 40.5 Å². The second-order valence-corrected chi connectivity index (χ2v) is 5.44. The van der Waals surface area contributed by atoms with Gasteiger partial charge in [0.25, 0.3) is 0 Å². The van der Waals surface area contributed by atoms with Crippen LogP contribution in [0.15, 0.2) is 24.3 Å².